The molecule has 5 heteroatoms. The lowest BCUT2D eigenvalue weighted by Gasteiger charge is -2.08. The molecule has 1 aromatic rings. The molecule has 0 radical (unpaired) electrons. The molecule has 0 aromatic heterocycles. The number of esters is 1. The number of halogens is 1. The summed E-state index contributed by atoms with van der Waals surface area (Å²) in [6, 6.07) is 4.10. The molecule has 1 aliphatic rings. The maximum absolute atomic E-state index is 10.9. The van der Waals surface area contributed by atoms with Crippen molar-refractivity contribution in [2.24, 2.45) is 0 Å². The fourth-order valence-electron chi connectivity index (χ4n) is 1.84. The van der Waals surface area contributed by atoms with E-state index in [9.17, 15) is 4.79 Å². The second kappa shape index (κ2) is 5.91. The molecule has 0 aliphatic carbocycles. The molecular weight excluding hydrogens is 298 g/mol. The SMILES string of the molecule is COC(=O)/C=C/NCc1cc(Br)cc2c1OCC2. The third kappa shape index (κ3) is 3.04. The fraction of sp³-hybridized carbons (Fsp3) is 0.308. The van der Waals surface area contributed by atoms with Crippen LogP contribution in [0.5, 0.6) is 5.75 Å². The monoisotopic (exact) mass is 311 g/mol. The highest BCUT2D eigenvalue weighted by atomic mass is 79.9. The molecule has 1 heterocycles. The van der Waals surface area contributed by atoms with Crippen molar-refractivity contribution in [3.05, 3.63) is 40.0 Å². The summed E-state index contributed by atoms with van der Waals surface area (Å²) < 4.78 is 11.1. The molecule has 1 aromatic carbocycles. The Hall–Kier alpha value is -1.49. The van der Waals surface area contributed by atoms with Gasteiger partial charge in [-0.25, -0.2) is 4.79 Å². The van der Waals surface area contributed by atoms with Crippen molar-refractivity contribution < 1.29 is 14.3 Å². The summed E-state index contributed by atoms with van der Waals surface area (Å²) in [5.74, 6) is 0.579. The van der Waals surface area contributed by atoms with Crippen molar-refractivity contribution in [1.29, 1.82) is 0 Å². The molecule has 0 amide bonds. The lowest BCUT2D eigenvalue weighted by molar-refractivity contribution is -0.134. The van der Waals surface area contributed by atoms with Crippen molar-refractivity contribution >= 4 is 21.9 Å². The van der Waals surface area contributed by atoms with E-state index in [2.05, 4.69) is 32.0 Å². The number of benzene rings is 1. The smallest absolute Gasteiger partial charge is 0.331 e. The minimum Gasteiger partial charge on any atom is -0.493 e. The van der Waals surface area contributed by atoms with E-state index in [0.717, 1.165) is 28.8 Å². The molecule has 0 saturated carbocycles. The second-order valence-electron chi connectivity index (χ2n) is 3.89. The Bertz CT molecular complexity index is 485. The van der Waals surface area contributed by atoms with Crippen molar-refractivity contribution in [3.63, 3.8) is 0 Å². The van der Waals surface area contributed by atoms with E-state index in [1.807, 2.05) is 6.07 Å². The van der Waals surface area contributed by atoms with Crippen LogP contribution in [0.1, 0.15) is 11.1 Å². The van der Waals surface area contributed by atoms with Crippen LogP contribution in [0.3, 0.4) is 0 Å². The first-order valence-electron chi connectivity index (χ1n) is 5.62. The molecule has 0 atom stereocenters. The molecule has 0 fully saturated rings. The summed E-state index contributed by atoms with van der Waals surface area (Å²) in [4.78, 5) is 10.9. The Morgan fingerprint density at radius 3 is 3.22 bits per heavy atom. The van der Waals surface area contributed by atoms with Crippen LogP contribution in [0.2, 0.25) is 0 Å². The maximum atomic E-state index is 10.9. The molecule has 18 heavy (non-hydrogen) atoms. The van der Waals surface area contributed by atoms with E-state index in [1.165, 1.54) is 18.7 Å². The zero-order valence-electron chi connectivity index (χ0n) is 10.0. The first-order valence-corrected chi connectivity index (χ1v) is 6.42. The van der Waals surface area contributed by atoms with Gasteiger partial charge in [0.25, 0.3) is 0 Å². The molecule has 1 N–H and O–H groups in total. The number of carbonyl (C=O) groups excluding carboxylic acids is 1. The quantitative estimate of drug-likeness (QED) is 0.684. The molecule has 0 bridgehead atoms. The number of carbonyl (C=O) groups is 1. The molecular formula is C13H14BrNO3. The predicted octanol–water partition coefficient (Wildman–Crippen LogP) is 2.16. The van der Waals surface area contributed by atoms with Crippen molar-refractivity contribution in [3.8, 4) is 5.75 Å². The molecule has 1 aliphatic heterocycles. The Labute approximate surface area is 114 Å². The van der Waals surface area contributed by atoms with Crippen LogP contribution < -0.4 is 10.1 Å². The van der Waals surface area contributed by atoms with Crippen LogP contribution in [0.4, 0.5) is 0 Å². The average molecular weight is 312 g/mol. The average Bonchev–Trinajstić information content (AvgIpc) is 2.81. The summed E-state index contributed by atoms with van der Waals surface area (Å²) in [6.07, 6.45) is 3.87. The molecule has 0 saturated heterocycles. The van der Waals surface area contributed by atoms with Gasteiger partial charge in [-0.1, -0.05) is 15.9 Å². The van der Waals surface area contributed by atoms with Crippen molar-refractivity contribution in [1.82, 2.24) is 5.32 Å². The van der Waals surface area contributed by atoms with Gasteiger partial charge < -0.3 is 14.8 Å². The Morgan fingerprint density at radius 2 is 2.44 bits per heavy atom. The highest BCUT2D eigenvalue weighted by Crippen LogP contribution is 2.32. The number of hydrogen-bond acceptors (Lipinski definition) is 4. The van der Waals surface area contributed by atoms with Crippen LogP contribution in [-0.2, 0) is 22.5 Å². The first kappa shape index (κ1) is 13.0. The minimum atomic E-state index is -0.377. The van der Waals surface area contributed by atoms with E-state index in [4.69, 9.17) is 4.74 Å². The first-order chi connectivity index (χ1) is 8.70. The predicted molar refractivity (Wildman–Crippen MR) is 71.3 cm³/mol. The third-order valence-corrected chi connectivity index (χ3v) is 3.11. The number of rotatable bonds is 4. The summed E-state index contributed by atoms with van der Waals surface area (Å²) in [7, 11) is 1.35. The molecule has 2 rings (SSSR count). The Kier molecular flexibility index (Phi) is 4.25. The van der Waals surface area contributed by atoms with Gasteiger partial charge in [0.1, 0.15) is 5.75 Å². The van der Waals surface area contributed by atoms with Gasteiger partial charge in [0, 0.05) is 35.3 Å². The lowest BCUT2D eigenvalue weighted by atomic mass is 10.1. The van der Waals surface area contributed by atoms with E-state index in [0.29, 0.717) is 6.54 Å². The van der Waals surface area contributed by atoms with Crippen LogP contribution in [0.15, 0.2) is 28.9 Å². The molecule has 4 nitrogen and oxygen atoms in total. The normalized spacial score (nSPS) is 13.2. The second-order valence-corrected chi connectivity index (χ2v) is 4.80. The van der Waals surface area contributed by atoms with Gasteiger partial charge >= 0.3 is 5.97 Å². The van der Waals surface area contributed by atoms with Gasteiger partial charge in [0.15, 0.2) is 0 Å². The Morgan fingerprint density at radius 1 is 1.61 bits per heavy atom. The minimum absolute atomic E-state index is 0.377. The highest BCUT2D eigenvalue weighted by Gasteiger charge is 2.16. The summed E-state index contributed by atoms with van der Waals surface area (Å²) in [6.45, 7) is 1.34. The summed E-state index contributed by atoms with van der Waals surface area (Å²) in [5.41, 5.74) is 2.30. The van der Waals surface area contributed by atoms with Crippen molar-refractivity contribution in [2.75, 3.05) is 13.7 Å². The van der Waals surface area contributed by atoms with Crippen LogP contribution in [-0.4, -0.2) is 19.7 Å². The van der Waals surface area contributed by atoms with Crippen LogP contribution in [0.25, 0.3) is 0 Å². The zero-order valence-corrected chi connectivity index (χ0v) is 11.6. The molecule has 0 unspecified atom stereocenters. The Balaban J connectivity index is 2.02. The number of ether oxygens (including phenoxy) is 2. The highest BCUT2D eigenvalue weighted by molar-refractivity contribution is 9.10. The van der Waals surface area contributed by atoms with E-state index < -0.39 is 0 Å². The third-order valence-electron chi connectivity index (χ3n) is 2.66. The van der Waals surface area contributed by atoms with Crippen LogP contribution >= 0.6 is 15.9 Å². The number of hydrogen-bond donors (Lipinski definition) is 1. The van der Waals surface area contributed by atoms with E-state index >= 15 is 0 Å². The zero-order chi connectivity index (χ0) is 13.0. The molecule has 96 valence electrons. The van der Waals surface area contributed by atoms with Gasteiger partial charge in [-0.2, -0.15) is 0 Å². The van der Waals surface area contributed by atoms with Gasteiger partial charge in [-0.15, -0.1) is 0 Å². The largest absolute Gasteiger partial charge is 0.493 e. The summed E-state index contributed by atoms with van der Waals surface area (Å²) in [5, 5.41) is 3.04. The van der Waals surface area contributed by atoms with Gasteiger partial charge in [0.05, 0.1) is 13.7 Å². The lowest BCUT2D eigenvalue weighted by Crippen LogP contribution is -2.07. The van der Waals surface area contributed by atoms with Gasteiger partial charge in [-0.05, 0) is 17.7 Å². The van der Waals surface area contributed by atoms with E-state index in [-0.39, 0.29) is 5.97 Å². The van der Waals surface area contributed by atoms with Crippen molar-refractivity contribution in [2.45, 2.75) is 13.0 Å². The van der Waals surface area contributed by atoms with E-state index in [1.54, 1.807) is 6.20 Å². The fourth-order valence-corrected chi connectivity index (χ4v) is 2.39. The van der Waals surface area contributed by atoms with Crippen LogP contribution in [0, 0.1) is 0 Å². The number of methoxy groups -OCH3 is 1. The van der Waals surface area contributed by atoms with Gasteiger partial charge in [0.2, 0.25) is 0 Å². The summed E-state index contributed by atoms with van der Waals surface area (Å²) >= 11 is 3.48. The molecule has 0 spiro atoms. The topological polar surface area (TPSA) is 47.6 Å². The maximum Gasteiger partial charge on any atom is 0.331 e. The van der Waals surface area contributed by atoms with Gasteiger partial charge in [-0.3, -0.25) is 0 Å². The standard InChI is InChI=1S/C13H14BrNO3/c1-17-12(16)2-4-15-8-10-7-11(14)6-9-3-5-18-13(9)10/h2,4,6-7,15H,3,5,8H2,1H3/b4-2+. The number of nitrogens with one attached hydrogen (secondary N) is 1. The number of fused-ring (bicyclic) bond motifs is 1.